The molecule has 6 bridgehead atoms. The first kappa shape index (κ1) is 22.8. The Morgan fingerprint density at radius 2 is 1.85 bits per heavy atom. The number of hydrogen-bond donors (Lipinski definition) is 5. The maximum absolute atomic E-state index is 12.7. The van der Waals surface area contributed by atoms with E-state index in [0.29, 0.717) is 5.56 Å². The van der Waals surface area contributed by atoms with Crippen LogP contribution < -0.4 is 0 Å². The van der Waals surface area contributed by atoms with Crippen LogP contribution >= 0.6 is 0 Å². The van der Waals surface area contributed by atoms with Gasteiger partial charge in [0.05, 0.1) is 17.6 Å². The minimum absolute atomic E-state index is 0.0902. The first-order valence-electron chi connectivity index (χ1n) is 11.4. The summed E-state index contributed by atoms with van der Waals surface area (Å²) in [4.78, 5) is 12.7. The number of hydrogen-bond acceptors (Lipinski definition) is 11. The van der Waals surface area contributed by atoms with E-state index in [1.807, 2.05) is 0 Å². The van der Waals surface area contributed by atoms with Gasteiger partial charge in [0, 0.05) is 12.3 Å². The lowest BCUT2D eigenvalue weighted by Crippen LogP contribution is -2.80. The molecule has 11 nitrogen and oxygen atoms in total. The fourth-order valence-corrected chi connectivity index (χ4v) is 6.87. The first-order valence-corrected chi connectivity index (χ1v) is 11.4. The van der Waals surface area contributed by atoms with E-state index >= 15 is 0 Å². The Balaban J connectivity index is 1.32. The van der Waals surface area contributed by atoms with Crippen LogP contribution in [0, 0.1) is 11.3 Å². The number of carbonyl (C=O) groups is 1. The summed E-state index contributed by atoms with van der Waals surface area (Å²) in [7, 11) is 0. The predicted octanol–water partition coefficient (Wildman–Crippen LogP) is -1.36. The van der Waals surface area contributed by atoms with Crippen molar-refractivity contribution in [2.75, 3.05) is 13.2 Å². The third-order valence-corrected chi connectivity index (χ3v) is 8.57. The van der Waals surface area contributed by atoms with E-state index in [2.05, 4.69) is 0 Å². The molecule has 11 heteroatoms. The van der Waals surface area contributed by atoms with E-state index in [1.165, 1.54) is 0 Å². The second kappa shape index (κ2) is 7.19. The summed E-state index contributed by atoms with van der Waals surface area (Å²) in [5, 5.41) is 51.7. The van der Waals surface area contributed by atoms with Gasteiger partial charge in [-0.3, -0.25) is 0 Å². The van der Waals surface area contributed by atoms with Gasteiger partial charge in [-0.15, -0.1) is 0 Å². The Morgan fingerprint density at radius 1 is 1.12 bits per heavy atom. The molecule has 0 radical (unpaired) electrons. The second-order valence-corrected chi connectivity index (χ2v) is 10.2. The molecule has 4 saturated heterocycles. The fraction of sp³-hybridized carbons (Fsp3) is 0.696. The summed E-state index contributed by atoms with van der Waals surface area (Å²) in [6, 6.07) is 8.47. The highest BCUT2D eigenvalue weighted by atomic mass is 16.8. The number of aliphatic hydroxyl groups excluding tert-OH is 4. The van der Waals surface area contributed by atoms with Crippen LogP contribution in [0.2, 0.25) is 0 Å². The molecule has 5 N–H and O–H groups in total. The van der Waals surface area contributed by atoms with Crippen molar-refractivity contribution in [1.82, 2.24) is 0 Å². The molecule has 0 amide bonds. The smallest absolute Gasteiger partial charge is 0.338 e. The average molecular weight is 480 g/mol. The molecule has 0 unspecified atom stereocenters. The maximum atomic E-state index is 12.7. The van der Waals surface area contributed by atoms with E-state index in [0.717, 1.165) is 0 Å². The van der Waals surface area contributed by atoms with Crippen LogP contribution in [0.4, 0.5) is 0 Å². The molecule has 8 rings (SSSR count). The second-order valence-electron chi connectivity index (χ2n) is 10.2. The number of aliphatic hydroxyl groups is 5. The van der Waals surface area contributed by atoms with Gasteiger partial charge in [-0.05, 0) is 25.5 Å². The van der Waals surface area contributed by atoms with E-state index in [1.54, 1.807) is 37.3 Å². The van der Waals surface area contributed by atoms with Crippen LogP contribution in [0.25, 0.3) is 0 Å². The topological polar surface area (TPSA) is 164 Å². The monoisotopic (exact) mass is 480 g/mol. The Labute approximate surface area is 194 Å². The van der Waals surface area contributed by atoms with Crippen molar-refractivity contribution >= 4 is 5.97 Å². The molecule has 0 spiro atoms. The number of benzene rings is 1. The number of ether oxygens (including phenoxy) is 5. The van der Waals surface area contributed by atoms with Gasteiger partial charge in [0.15, 0.2) is 18.4 Å². The van der Waals surface area contributed by atoms with Gasteiger partial charge >= 0.3 is 5.97 Å². The van der Waals surface area contributed by atoms with Crippen LogP contribution in [0.3, 0.4) is 0 Å². The van der Waals surface area contributed by atoms with Gasteiger partial charge < -0.3 is 49.2 Å². The van der Waals surface area contributed by atoms with Gasteiger partial charge in [-0.1, -0.05) is 18.2 Å². The average Bonchev–Trinajstić information content (AvgIpc) is 3.00. The van der Waals surface area contributed by atoms with Crippen molar-refractivity contribution in [2.24, 2.45) is 11.3 Å². The fourth-order valence-electron chi connectivity index (χ4n) is 6.87. The molecule has 3 aliphatic carbocycles. The molecule has 11 atom stereocenters. The van der Waals surface area contributed by atoms with Crippen LogP contribution in [0.15, 0.2) is 30.3 Å². The quantitative estimate of drug-likeness (QED) is 0.306. The zero-order valence-electron chi connectivity index (χ0n) is 18.4. The Hall–Kier alpha value is -1.67. The maximum Gasteiger partial charge on any atom is 0.338 e. The third kappa shape index (κ3) is 2.59. The molecule has 7 aliphatic rings. The van der Waals surface area contributed by atoms with Crippen LogP contribution in [-0.2, 0) is 23.7 Å². The molecular weight excluding hydrogens is 452 g/mol. The third-order valence-electron chi connectivity index (χ3n) is 8.57. The van der Waals surface area contributed by atoms with Crippen molar-refractivity contribution in [3.63, 3.8) is 0 Å². The highest BCUT2D eigenvalue weighted by Crippen LogP contribution is 2.81. The molecule has 4 aliphatic heterocycles. The Bertz CT molecular complexity index is 988. The highest BCUT2D eigenvalue weighted by molar-refractivity contribution is 5.89. The largest absolute Gasteiger partial charge is 0.461 e. The molecule has 4 heterocycles. The molecular formula is C23H28O11. The zero-order chi connectivity index (χ0) is 24.1. The summed E-state index contributed by atoms with van der Waals surface area (Å²) in [5.74, 6) is -2.49. The van der Waals surface area contributed by atoms with Gasteiger partial charge in [0.1, 0.15) is 42.2 Å². The van der Waals surface area contributed by atoms with E-state index in [9.17, 15) is 30.3 Å². The SMILES string of the molecule is C[C@]12C[C@@]3(O)O[C@H](O1)[C@@]1(COC(=O)c4ccccc4)[C@@H]3C[C@@]12O[C@H]1O[C@H](CO)[C@H](O)[C@H](O)[C@H]1O. The predicted molar refractivity (Wildman–Crippen MR) is 109 cm³/mol. The highest BCUT2D eigenvalue weighted by Gasteiger charge is 2.94. The molecule has 7 fully saturated rings. The first-order chi connectivity index (χ1) is 16.1. The number of carbonyl (C=O) groups excluding carboxylic acids is 1. The standard InChI is InChI=1S/C23H28O11/c1-20-9-22(29)13-7-23(20,32-18-16(27)15(26)14(25)12(8-24)31-18)21(13,19(33-20)34-22)10-30-17(28)11-5-3-2-4-6-11/h2-6,12-16,18-19,24-27,29H,7-10H2,1H3/t12-,13+,14+,15+,16-,18-,19+,20-,21-,22-,23+/m1/s1. The van der Waals surface area contributed by atoms with Crippen molar-refractivity contribution in [3.05, 3.63) is 35.9 Å². The molecule has 34 heavy (non-hydrogen) atoms. The number of esters is 1. The molecule has 1 aromatic carbocycles. The van der Waals surface area contributed by atoms with Crippen LogP contribution in [-0.4, -0.2) is 98.7 Å². The van der Waals surface area contributed by atoms with E-state index in [-0.39, 0.29) is 19.4 Å². The molecule has 1 aromatic rings. The van der Waals surface area contributed by atoms with E-state index in [4.69, 9.17) is 23.7 Å². The van der Waals surface area contributed by atoms with Crippen molar-refractivity contribution in [1.29, 1.82) is 0 Å². The zero-order valence-corrected chi connectivity index (χ0v) is 18.4. The lowest BCUT2D eigenvalue weighted by atomic mass is 9.41. The molecule has 3 saturated carbocycles. The lowest BCUT2D eigenvalue weighted by molar-refractivity contribution is -0.424. The van der Waals surface area contributed by atoms with Crippen molar-refractivity contribution < 1.29 is 54.0 Å². The minimum atomic E-state index is -1.61. The summed E-state index contributed by atoms with van der Waals surface area (Å²) in [5.41, 5.74) is -2.99. The summed E-state index contributed by atoms with van der Waals surface area (Å²) in [6.07, 6.45) is -7.87. The summed E-state index contributed by atoms with van der Waals surface area (Å²) < 4.78 is 29.7. The van der Waals surface area contributed by atoms with Gasteiger partial charge in [-0.25, -0.2) is 4.79 Å². The lowest BCUT2D eigenvalue weighted by Gasteiger charge is -2.67. The molecule has 0 aromatic heterocycles. The van der Waals surface area contributed by atoms with Crippen LogP contribution in [0.5, 0.6) is 0 Å². The van der Waals surface area contributed by atoms with Gasteiger partial charge in [-0.2, -0.15) is 0 Å². The normalized spacial score (nSPS) is 52.5. The van der Waals surface area contributed by atoms with Gasteiger partial charge in [0.2, 0.25) is 0 Å². The summed E-state index contributed by atoms with van der Waals surface area (Å²) >= 11 is 0. The van der Waals surface area contributed by atoms with E-state index < -0.39 is 77.9 Å². The van der Waals surface area contributed by atoms with Crippen molar-refractivity contribution in [3.8, 4) is 0 Å². The summed E-state index contributed by atoms with van der Waals surface area (Å²) in [6.45, 7) is 0.985. The minimum Gasteiger partial charge on any atom is -0.461 e. The van der Waals surface area contributed by atoms with Gasteiger partial charge in [0.25, 0.3) is 0 Å². The van der Waals surface area contributed by atoms with Crippen LogP contribution in [0.1, 0.15) is 30.1 Å². The van der Waals surface area contributed by atoms with Crippen molar-refractivity contribution in [2.45, 2.75) is 73.8 Å². The Morgan fingerprint density at radius 3 is 2.56 bits per heavy atom. The molecule has 186 valence electrons. The Kier molecular flexibility index (Phi) is 4.81. The number of rotatable bonds is 6.